The molecule has 0 saturated carbocycles. The van der Waals surface area contributed by atoms with E-state index in [1.54, 1.807) is 11.8 Å². The Morgan fingerprint density at radius 2 is 1.55 bits per heavy atom. The molecule has 108 valence electrons. The van der Waals surface area contributed by atoms with Crippen molar-refractivity contribution in [2.24, 2.45) is 0 Å². The molecular weight excluding hydrogens is 328 g/mol. The van der Waals surface area contributed by atoms with Crippen LogP contribution < -0.4 is 0 Å². The third-order valence-electron chi connectivity index (χ3n) is 3.85. The highest BCUT2D eigenvalue weighted by Crippen LogP contribution is 2.48. The van der Waals surface area contributed by atoms with Crippen molar-refractivity contribution in [3.63, 3.8) is 0 Å². The normalized spacial score (nSPS) is 12.2. The molecule has 0 radical (unpaired) electrons. The van der Waals surface area contributed by atoms with Crippen molar-refractivity contribution in [2.75, 3.05) is 6.26 Å². The first-order chi connectivity index (χ1) is 10.8. The van der Waals surface area contributed by atoms with Gasteiger partial charge in [-0.15, -0.1) is 11.8 Å². The van der Waals surface area contributed by atoms with E-state index in [4.69, 9.17) is 11.6 Å². The number of thiophene rings is 1. The van der Waals surface area contributed by atoms with Crippen LogP contribution in [0.15, 0.2) is 71.6 Å². The lowest BCUT2D eigenvalue weighted by Crippen LogP contribution is -1.72. The molecule has 0 amide bonds. The molecule has 0 bridgehead atoms. The number of halogens is 1. The Labute approximate surface area is 141 Å². The molecule has 4 rings (SSSR count). The van der Waals surface area contributed by atoms with E-state index in [9.17, 15) is 0 Å². The minimum absolute atomic E-state index is 0.0270. The second-order valence-electron chi connectivity index (χ2n) is 5.12. The molecule has 0 nitrogen and oxygen atoms in total. The van der Waals surface area contributed by atoms with Crippen molar-refractivity contribution in [3.8, 4) is 4.90 Å². The molecule has 3 heteroatoms. The predicted molar refractivity (Wildman–Crippen MR) is 102 cm³/mol. The lowest BCUT2D eigenvalue weighted by atomic mass is 10.2. The van der Waals surface area contributed by atoms with Crippen LogP contribution in [0.25, 0.3) is 25.1 Å². The second kappa shape index (κ2) is 5.62. The van der Waals surface area contributed by atoms with Crippen LogP contribution in [0, 0.1) is 0 Å². The first kappa shape index (κ1) is 14.1. The lowest BCUT2D eigenvalue weighted by Gasteiger charge is -1.96. The molecule has 0 fully saturated rings. The summed E-state index contributed by atoms with van der Waals surface area (Å²) < 4.78 is 2.78. The Bertz CT molecular complexity index is 968. The standard InChI is InChI=1S/C19H14ClS2/c1-21-14-7-9-15(10-8-14)22-18-5-3-2-4-16(18)17-12-13(20)6-11-19(17)22/h2-12H,1H3/q+1. The second-order valence-corrected chi connectivity index (χ2v) is 8.40. The number of fused-ring (bicyclic) bond motifs is 3. The monoisotopic (exact) mass is 341 g/mol. The van der Waals surface area contributed by atoms with Crippen molar-refractivity contribution >= 4 is 54.0 Å². The molecule has 4 aromatic rings. The van der Waals surface area contributed by atoms with E-state index < -0.39 is 0 Å². The summed E-state index contributed by atoms with van der Waals surface area (Å²) in [5.41, 5.74) is 0. The van der Waals surface area contributed by atoms with Gasteiger partial charge >= 0.3 is 0 Å². The van der Waals surface area contributed by atoms with Crippen LogP contribution in [-0.4, -0.2) is 6.26 Å². The summed E-state index contributed by atoms with van der Waals surface area (Å²) in [5.74, 6) is 0. The summed E-state index contributed by atoms with van der Waals surface area (Å²) in [4.78, 5) is 2.67. The minimum atomic E-state index is -0.0270. The molecule has 1 atom stereocenters. The smallest absolute Gasteiger partial charge is 0.130 e. The van der Waals surface area contributed by atoms with Crippen LogP contribution >= 0.6 is 33.8 Å². The van der Waals surface area contributed by atoms with Crippen LogP contribution in [0.1, 0.15) is 0 Å². The van der Waals surface area contributed by atoms with Crippen LogP contribution in [0.4, 0.5) is 0 Å². The molecule has 0 N–H and O–H groups in total. The van der Waals surface area contributed by atoms with Crippen LogP contribution in [-0.2, 0) is 0 Å². The number of thioether (sulfide) groups is 1. The third-order valence-corrected chi connectivity index (χ3v) is 7.17. The van der Waals surface area contributed by atoms with E-state index >= 15 is 0 Å². The van der Waals surface area contributed by atoms with Gasteiger partial charge in [0.25, 0.3) is 0 Å². The molecule has 0 spiro atoms. The van der Waals surface area contributed by atoms with E-state index in [2.05, 4.69) is 66.9 Å². The Balaban J connectivity index is 2.09. The zero-order valence-corrected chi connectivity index (χ0v) is 14.4. The molecule has 3 aromatic carbocycles. The van der Waals surface area contributed by atoms with Gasteiger partial charge in [-0.05, 0) is 54.8 Å². The topological polar surface area (TPSA) is 0 Å². The highest BCUT2D eigenvalue weighted by Gasteiger charge is 2.23. The summed E-state index contributed by atoms with van der Waals surface area (Å²) >= 11 is 8.00. The van der Waals surface area contributed by atoms with Gasteiger partial charge in [0.15, 0.2) is 14.3 Å². The quantitative estimate of drug-likeness (QED) is 0.276. The number of hydrogen-bond acceptors (Lipinski definition) is 1. The highest BCUT2D eigenvalue weighted by molar-refractivity contribution is 7.98. The first-order valence-corrected chi connectivity index (χ1v) is 9.88. The summed E-state index contributed by atoms with van der Waals surface area (Å²) in [5, 5.41) is 3.40. The number of benzene rings is 3. The van der Waals surface area contributed by atoms with Gasteiger partial charge in [-0.3, -0.25) is 0 Å². The molecule has 0 saturated heterocycles. The van der Waals surface area contributed by atoms with Crippen LogP contribution in [0.2, 0.25) is 5.02 Å². The van der Waals surface area contributed by atoms with Gasteiger partial charge < -0.3 is 0 Å². The highest BCUT2D eigenvalue weighted by atomic mass is 35.5. The molecule has 0 aliphatic carbocycles. The van der Waals surface area contributed by atoms with E-state index in [0.29, 0.717) is 0 Å². The van der Waals surface area contributed by atoms with Crippen molar-refractivity contribution in [2.45, 2.75) is 4.90 Å². The Morgan fingerprint density at radius 3 is 2.32 bits per heavy atom. The van der Waals surface area contributed by atoms with Crippen LogP contribution in [0.5, 0.6) is 0 Å². The molecule has 1 aromatic heterocycles. The maximum atomic E-state index is 6.22. The SMILES string of the molecule is CSc1ccc(-[s+]2c3ccccc3c3cc(Cl)ccc32)cc1. The Hall–Kier alpha value is -1.48. The molecular formula is C19H14ClS2+. The summed E-state index contributed by atoms with van der Waals surface area (Å²) in [6, 6.07) is 23.9. The van der Waals surface area contributed by atoms with Crippen molar-refractivity contribution in [3.05, 3.63) is 71.8 Å². The largest absolute Gasteiger partial charge is 0.187 e. The van der Waals surface area contributed by atoms with Crippen molar-refractivity contribution in [1.29, 1.82) is 0 Å². The van der Waals surface area contributed by atoms with Crippen LogP contribution in [0.3, 0.4) is 0 Å². The lowest BCUT2D eigenvalue weighted by molar-refractivity contribution is 1.49. The van der Waals surface area contributed by atoms with E-state index in [0.717, 1.165) is 5.02 Å². The first-order valence-electron chi connectivity index (χ1n) is 7.05. The maximum Gasteiger partial charge on any atom is 0.187 e. The molecule has 1 heterocycles. The predicted octanol–water partition coefficient (Wildman–Crippen LogP) is 7.11. The fraction of sp³-hybridized carbons (Fsp3) is 0.0526. The Morgan fingerprint density at radius 1 is 0.818 bits per heavy atom. The van der Waals surface area contributed by atoms with E-state index in [1.807, 2.05) is 6.07 Å². The van der Waals surface area contributed by atoms with Crippen molar-refractivity contribution < 1.29 is 0 Å². The maximum absolute atomic E-state index is 6.22. The van der Waals surface area contributed by atoms with E-state index in [-0.39, 0.29) is 10.5 Å². The van der Waals surface area contributed by atoms with Gasteiger partial charge in [0.2, 0.25) is 0 Å². The number of rotatable bonds is 2. The fourth-order valence-electron chi connectivity index (χ4n) is 2.84. The van der Waals surface area contributed by atoms with Gasteiger partial charge in [-0.1, -0.05) is 23.7 Å². The average molecular weight is 342 g/mol. The summed E-state index contributed by atoms with van der Waals surface area (Å²) in [6.07, 6.45) is 2.11. The average Bonchev–Trinajstić information content (AvgIpc) is 2.89. The van der Waals surface area contributed by atoms with Gasteiger partial charge in [0, 0.05) is 37.2 Å². The van der Waals surface area contributed by atoms with Gasteiger partial charge in [0.1, 0.15) is 0 Å². The molecule has 0 aliphatic heterocycles. The zero-order valence-electron chi connectivity index (χ0n) is 12.0. The Kier molecular flexibility index (Phi) is 3.61. The fourth-order valence-corrected chi connectivity index (χ4v) is 5.78. The molecule has 1 unspecified atom stereocenters. The minimum Gasteiger partial charge on any atom is -0.130 e. The summed E-state index contributed by atoms with van der Waals surface area (Å²) in [7, 11) is -0.0270. The summed E-state index contributed by atoms with van der Waals surface area (Å²) in [6.45, 7) is 0. The third kappa shape index (κ3) is 2.23. The number of hydrogen-bond donors (Lipinski definition) is 0. The van der Waals surface area contributed by atoms with E-state index in [1.165, 1.54) is 30.0 Å². The van der Waals surface area contributed by atoms with Gasteiger partial charge in [0.05, 0.1) is 0 Å². The van der Waals surface area contributed by atoms with Gasteiger partial charge in [-0.25, -0.2) is 0 Å². The van der Waals surface area contributed by atoms with Gasteiger partial charge in [-0.2, -0.15) is 0 Å². The van der Waals surface area contributed by atoms with Crippen molar-refractivity contribution in [1.82, 2.24) is 0 Å². The molecule has 22 heavy (non-hydrogen) atoms. The zero-order chi connectivity index (χ0) is 15.1. The molecule has 0 aliphatic rings.